The number of carbonyl (C=O) groups excluding carboxylic acids is 1. The van der Waals surface area contributed by atoms with Crippen LogP contribution in [0.3, 0.4) is 0 Å². The van der Waals surface area contributed by atoms with E-state index in [1.165, 1.54) is 6.42 Å². The summed E-state index contributed by atoms with van der Waals surface area (Å²) in [6, 6.07) is 3.82. The Labute approximate surface area is 77.9 Å². The predicted octanol–water partition coefficient (Wildman–Crippen LogP) is 2.58. The molecule has 0 bridgehead atoms. The number of rotatable bonds is 2. The first-order chi connectivity index (χ1) is 6.36. The fourth-order valence-corrected chi connectivity index (χ4v) is 1.94. The molecule has 1 heterocycles. The van der Waals surface area contributed by atoms with E-state index in [1.54, 1.807) is 6.26 Å². The molecule has 1 atom stereocenters. The Bertz CT molecular complexity index is 274. The van der Waals surface area contributed by atoms with Crippen LogP contribution in [0.5, 0.6) is 0 Å². The summed E-state index contributed by atoms with van der Waals surface area (Å²) in [6.45, 7) is 0. The third-order valence-electron chi connectivity index (χ3n) is 2.71. The molecule has 1 saturated carbocycles. The van der Waals surface area contributed by atoms with Gasteiger partial charge in [0.15, 0.2) is 0 Å². The lowest BCUT2D eigenvalue weighted by Gasteiger charge is -2.18. The van der Waals surface area contributed by atoms with Gasteiger partial charge >= 0.3 is 0 Å². The van der Waals surface area contributed by atoms with Crippen LogP contribution in [-0.2, 0) is 11.2 Å². The Kier molecular flexibility index (Phi) is 2.48. The molecule has 2 rings (SSSR count). The van der Waals surface area contributed by atoms with Gasteiger partial charge in [0.25, 0.3) is 0 Å². The summed E-state index contributed by atoms with van der Waals surface area (Å²) in [7, 11) is 0. The molecule has 1 aliphatic rings. The maximum atomic E-state index is 11.5. The van der Waals surface area contributed by atoms with Crippen molar-refractivity contribution in [3.63, 3.8) is 0 Å². The monoisotopic (exact) mass is 178 g/mol. The van der Waals surface area contributed by atoms with Crippen molar-refractivity contribution < 1.29 is 9.21 Å². The molecule has 0 aromatic carbocycles. The van der Waals surface area contributed by atoms with Gasteiger partial charge in [-0.1, -0.05) is 6.42 Å². The number of hydrogen-bond donors (Lipinski definition) is 0. The van der Waals surface area contributed by atoms with E-state index in [0.29, 0.717) is 5.78 Å². The van der Waals surface area contributed by atoms with Crippen LogP contribution in [0.2, 0.25) is 0 Å². The second-order valence-corrected chi connectivity index (χ2v) is 3.69. The van der Waals surface area contributed by atoms with E-state index in [0.717, 1.165) is 31.4 Å². The van der Waals surface area contributed by atoms with Crippen LogP contribution in [0.4, 0.5) is 0 Å². The van der Waals surface area contributed by atoms with Gasteiger partial charge in [0.05, 0.1) is 6.26 Å². The second kappa shape index (κ2) is 3.77. The Hall–Kier alpha value is -1.05. The number of hydrogen-bond acceptors (Lipinski definition) is 2. The third kappa shape index (κ3) is 2.00. The molecule has 0 spiro atoms. The summed E-state index contributed by atoms with van der Waals surface area (Å²) in [5, 5.41) is 0. The molecule has 70 valence electrons. The SMILES string of the molecule is O=C1CCCCC1Cc1ccco1. The molecule has 1 aromatic rings. The number of Topliss-reactive ketones (excluding diaryl/α,β-unsaturated/α-hetero) is 1. The molecule has 2 heteroatoms. The van der Waals surface area contributed by atoms with Gasteiger partial charge in [-0.2, -0.15) is 0 Å². The van der Waals surface area contributed by atoms with Crippen LogP contribution in [0.15, 0.2) is 22.8 Å². The molecule has 0 amide bonds. The van der Waals surface area contributed by atoms with Crippen molar-refractivity contribution in [2.45, 2.75) is 32.1 Å². The first kappa shape index (κ1) is 8.54. The molecule has 0 saturated heterocycles. The Morgan fingerprint density at radius 3 is 3.08 bits per heavy atom. The van der Waals surface area contributed by atoms with Gasteiger partial charge in [0, 0.05) is 18.8 Å². The van der Waals surface area contributed by atoms with Crippen molar-refractivity contribution in [3.8, 4) is 0 Å². The first-order valence-corrected chi connectivity index (χ1v) is 4.91. The third-order valence-corrected chi connectivity index (χ3v) is 2.71. The van der Waals surface area contributed by atoms with E-state index in [-0.39, 0.29) is 5.92 Å². The summed E-state index contributed by atoms with van der Waals surface area (Å²) in [5.74, 6) is 1.59. The van der Waals surface area contributed by atoms with Crippen LogP contribution in [0.1, 0.15) is 31.4 Å². The summed E-state index contributed by atoms with van der Waals surface area (Å²) >= 11 is 0. The van der Waals surface area contributed by atoms with E-state index in [2.05, 4.69) is 0 Å². The maximum Gasteiger partial charge on any atom is 0.136 e. The van der Waals surface area contributed by atoms with E-state index >= 15 is 0 Å². The average Bonchev–Trinajstić information content (AvgIpc) is 2.61. The smallest absolute Gasteiger partial charge is 0.136 e. The van der Waals surface area contributed by atoms with Crippen molar-refractivity contribution >= 4 is 5.78 Å². The number of carbonyl (C=O) groups is 1. The minimum atomic E-state index is 0.222. The van der Waals surface area contributed by atoms with Crippen molar-refractivity contribution in [2.75, 3.05) is 0 Å². The molecule has 2 nitrogen and oxygen atoms in total. The topological polar surface area (TPSA) is 30.2 Å². The predicted molar refractivity (Wildman–Crippen MR) is 49.4 cm³/mol. The fourth-order valence-electron chi connectivity index (χ4n) is 1.94. The van der Waals surface area contributed by atoms with Gasteiger partial charge in [0.2, 0.25) is 0 Å². The van der Waals surface area contributed by atoms with Gasteiger partial charge < -0.3 is 4.42 Å². The second-order valence-electron chi connectivity index (χ2n) is 3.69. The molecular weight excluding hydrogens is 164 g/mol. The zero-order valence-electron chi connectivity index (χ0n) is 7.66. The summed E-state index contributed by atoms with van der Waals surface area (Å²) in [5.41, 5.74) is 0. The van der Waals surface area contributed by atoms with E-state index in [1.807, 2.05) is 12.1 Å². The van der Waals surface area contributed by atoms with Crippen LogP contribution >= 0.6 is 0 Å². The summed E-state index contributed by atoms with van der Waals surface area (Å²) in [4.78, 5) is 11.5. The maximum absolute atomic E-state index is 11.5. The molecule has 1 unspecified atom stereocenters. The highest BCUT2D eigenvalue weighted by Crippen LogP contribution is 2.24. The van der Waals surface area contributed by atoms with Crippen LogP contribution in [-0.4, -0.2) is 5.78 Å². The van der Waals surface area contributed by atoms with Gasteiger partial charge in [-0.25, -0.2) is 0 Å². The molecule has 0 radical (unpaired) electrons. The van der Waals surface area contributed by atoms with E-state index < -0.39 is 0 Å². The molecule has 1 fully saturated rings. The summed E-state index contributed by atoms with van der Waals surface area (Å²) < 4.78 is 5.23. The first-order valence-electron chi connectivity index (χ1n) is 4.91. The molecule has 1 aliphatic carbocycles. The molecule has 0 N–H and O–H groups in total. The molecule has 1 aromatic heterocycles. The van der Waals surface area contributed by atoms with Gasteiger partial charge in [0.1, 0.15) is 11.5 Å². The highest BCUT2D eigenvalue weighted by Gasteiger charge is 2.22. The Morgan fingerprint density at radius 1 is 1.46 bits per heavy atom. The van der Waals surface area contributed by atoms with Crippen molar-refractivity contribution in [1.82, 2.24) is 0 Å². The van der Waals surface area contributed by atoms with Crippen LogP contribution in [0, 0.1) is 5.92 Å². The lowest BCUT2D eigenvalue weighted by Crippen LogP contribution is -2.20. The minimum Gasteiger partial charge on any atom is -0.469 e. The number of ketones is 1. The average molecular weight is 178 g/mol. The van der Waals surface area contributed by atoms with Crippen molar-refractivity contribution in [2.24, 2.45) is 5.92 Å². The largest absolute Gasteiger partial charge is 0.469 e. The van der Waals surface area contributed by atoms with Gasteiger partial charge in [-0.3, -0.25) is 4.79 Å². The lowest BCUT2D eigenvalue weighted by atomic mass is 9.85. The Morgan fingerprint density at radius 2 is 2.38 bits per heavy atom. The zero-order valence-corrected chi connectivity index (χ0v) is 7.66. The molecular formula is C11H14O2. The molecule has 13 heavy (non-hydrogen) atoms. The molecule has 0 aliphatic heterocycles. The quantitative estimate of drug-likeness (QED) is 0.696. The van der Waals surface area contributed by atoms with E-state index in [9.17, 15) is 4.79 Å². The van der Waals surface area contributed by atoms with Crippen LogP contribution in [0.25, 0.3) is 0 Å². The van der Waals surface area contributed by atoms with Gasteiger partial charge in [-0.15, -0.1) is 0 Å². The summed E-state index contributed by atoms with van der Waals surface area (Å²) in [6.07, 6.45) is 6.55. The van der Waals surface area contributed by atoms with E-state index in [4.69, 9.17) is 4.42 Å². The standard InChI is InChI=1S/C11H14O2/c12-11-6-2-1-4-9(11)8-10-5-3-7-13-10/h3,5,7,9H,1-2,4,6,8H2. The highest BCUT2D eigenvalue weighted by atomic mass is 16.3. The van der Waals surface area contributed by atoms with Crippen molar-refractivity contribution in [1.29, 1.82) is 0 Å². The Balaban J connectivity index is 1.97. The van der Waals surface area contributed by atoms with Crippen LogP contribution < -0.4 is 0 Å². The number of furan rings is 1. The van der Waals surface area contributed by atoms with Gasteiger partial charge in [-0.05, 0) is 25.0 Å². The highest BCUT2D eigenvalue weighted by molar-refractivity contribution is 5.81. The van der Waals surface area contributed by atoms with Crippen molar-refractivity contribution in [3.05, 3.63) is 24.2 Å². The fraction of sp³-hybridized carbons (Fsp3) is 0.545. The lowest BCUT2D eigenvalue weighted by molar-refractivity contribution is -0.124. The minimum absolute atomic E-state index is 0.222. The normalized spacial score (nSPS) is 23.4. The zero-order chi connectivity index (χ0) is 9.10.